The van der Waals surface area contributed by atoms with Gasteiger partial charge in [0.1, 0.15) is 11.9 Å². The lowest BCUT2D eigenvalue weighted by Crippen LogP contribution is -2.38. The van der Waals surface area contributed by atoms with Crippen molar-refractivity contribution in [2.45, 2.75) is 63.7 Å². The lowest BCUT2D eigenvalue weighted by molar-refractivity contribution is -0.00837. The fraction of sp³-hybridized carbons (Fsp3) is 0.647. The monoisotopic (exact) mass is 275 g/mol. The van der Waals surface area contributed by atoms with Crippen LogP contribution in [0.5, 0.6) is 5.75 Å². The van der Waals surface area contributed by atoms with Crippen LogP contribution < -0.4 is 10.5 Å². The van der Waals surface area contributed by atoms with Gasteiger partial charge in [-0.1, -0.05) is 37.0 Å². The Balaban J connectivity index is 1.53. The molecule has 20 heavy (non-hydrogen) atoms. The molecule has 0 radical (unpaired) electrons. The third-order valence-corrected chi connectivity index (χ3v) is 4.46. The van der Waals surface area contributed by atoms with E-state index in [1.54, 1.807) is 0 Å². The minimum Gasteiger partial charge on any atom is -0.487 e. The molecule has 1 aliphatic heterocycles. The summed E-state index contributed by atoms with van der Waals surface area (Å²) in [7, 11) is 0. The standard InChI is InChI=1S/C17H25NO2/c1-12-7-8-16-13(9-12)10-14(20-16)11-19-17-6-4-2-3-5-15(17)18/h7-9,14-15,17H,2-6,10-11,18H2,1H3. The topological polar surface area (TPSA) is 44.5 Å². The minimum atomic E-state index is 0.155. The smallest absolute Gasteiger partial charge is 0.126 e. The molecule has 0 aromatic heterocycles. The summed E-state index contributed by atoms with van der Waals surface area (Å²) in [6, 6.07) is 6.58. The lowest BCUT2D eigenvalue weighted by atomic mass is 10.1. The number of hydrogen-bond acceptors (Lipinski definition) is 3. The molecule has 1 aromatic carbocycles. The molecule has 3 nitrogen and oxygen atoms in total. The van der Waals surface area contributed by atoms with Crippen molar-refractivity contribution in [2.24, 2.45) is 5.73 Å². The van der Waals surface area contributed by atoms with E-state index in [-0.39, 0.29) is 18.2 Å². The molecule has 3 rings (SSSR count). The second-order valence-electron chi connectivity index (χ2n) is 6.23. The molecule has 0 bridgehead atoms. The van der Waals surface area contributed by atoms with E-state index in [0.29, 0.717) is 6.61 Å². The Bertz CT molecular complexity index is 460. The fourth-order valence-electron chi connectivity index (χ4n) is 3.28. The normalized spacial score (nSPS) is 29.6. The Hall–Kier alpha value is -1.06. The van der Waals surface area contributed by atoms with Crippen molar-refractivity contribution in [3.05, 3.63) is 29.3 Å². The number of rotatable bonds is 3. The van der Waals surface area contributed by atoms with E-state index in [1.165, 1.54) is 30.4 Å². The van der Waals surface area contributed by atoms with Gasteiger partial charge in [0.15, 0.2) is 0 Å². The maximum absolute atomic E-state index is 6.20. The van der Waals surface area contributed by atoms with Crippen molar-refractivity contribution in [3.8, 4) is 5.75 Å². The third kappa shape index (κ3) is 3.15. The quantitative estimate of drug-likeness (QED) is 0.863. The highest BCUT2D eigenvalue weighted by molar-refractivity contribution is 5.40. The van der Waals surface area contributed by atoms with Gasteiger partial charge in [0, 0.05) is 12.5 Å². The highest BCUT2D eigenvalue weighted by Gasteiger charge is 2.26. The van der Waals surface area contributed by atoms with Gasteiger partial charge in [-0.15, -0.1) is 0 Å². The van der Waals surface area contributed by atoms with Crippen LogP contribution >= 0.6 is 0 Å². The number of aryl methyl sites for hydroxylation is 1. The third-order valence-electron chi connectivity index (χ3n) is 4.46. The maximum Gasteiger partial charge on any atom is 0.126 e. The van der Waals surface area contributed by atoms with Crippen molar-refractivity contribution in [3.63, 3.8) is 0 Å². The summed E-state index contributed by atoms with van der Waals surface area (Å²) in [4.78, 5) is 0. The zero-order chi connectivity index (χ0) is 13.9. The first-order valence-electron chi connectivity index (χ1n) is 7.86. The molecule has 3 heteroatoms. The van der Waals surface area contributed by atoms with Gasteiger partial charge in [0.2, 0.25) is 0 Å². The van der Waals surface area contributed by atoms with Gasteiger partial charge >= 0.3 is 0 Å². The second kappa shape index (κ2) is 6.15. The lowest BCUT2D eigenvalue weighted by Gasteiger charge is -2.23. The van der Waals surface area contributed by atoms with Crippen molar-refractivity contribution < 1.29 is 9.47 Å². The Morgan fingerprint density at radius 3 is 3.00 bits per heavy atom. The number of benzene rings is 1. The molecule has 2 aliphatic rings. The molecule has 2 N–H and O–H groups in total. The van der Waals surface area contributed by atoms with Crippen molar-refractivity contribution in [1.82, 2.24) is 0 Å². The van der Waals surface area contributed by atoms with Crippen LogP contribution in [-0.2, 0) is 11.2 Å². The summed E-state index contributed by atoms with van der Waals surface area (Å²) in [5, 5.41) is 0. The van der Waals surface area contributed by atoms with Crippen LogP contribution in [0, 0.1) is 6.92 Å². The first-order chi connectivity index (χ1) is 9.72. The first-order valence-corrected chi connectivity index (χ1v) is 7.86. The first kappa shape index (κ1) is 13.9. The van der Waals surface area contributed by atoms with Crippen LogP contribution in [-0.4, -0.2) is 24.9 Å². The number of ether oxygens (including phenoxy) is 2. The van der Waals surface area contributed by atoms with Gasteiger partial charge in [0.05, 0.1) is 12.7 Å². The molecule has 1 aliphatic carbocycles. The largest absolute Gasteiger partial charge is 0.487 e. The molecule has 1 aromatic rings. The second-order valence-corrected chi connectivity index (χ2v) is 6.23. The van der Waals surface area contributed by atoms with E-state index in [1.807, 2.05) is 0 Å². The fourth-order valence-corrected chi connectivity index (χ4v) is 3.28. The Morgan fingerprint density at radius 2 is 2.10 bits per heavy atom. The maximum atomic E-state index is 6.20. The number of hydrogen-bond donors (Lipinski definition) is 1. The summed E-state index contributed by atoms with van der Waals surface area (Å²) in [5.41, 5.74) is 8.80. The van der Waals surface area contributed by atoms with Crippen molar-refractivity contribution >= 4 is 0 Å². The van der Waals surface area contributed by atoms with E-state index in [2.05, 4.69) is 25.1 Å². The molecule has 110 valence electrons. The summed E-state index contributed by atoms with van der Waals surface area (Å²) >= 11 is 0. The Kier molecular flexibility index (Phi) is 4.27. The average Bonchev–Trinajstić information content (AvgIpc) is 2.71. The van der Waals surface area contributed by atoms with Crippen molar-refractivity contribution in [2.75, 3.05) is 6.61 Å². The van der Waals surface area contributed by atoms with Gasteiger partial charge in [-0.25, -0.2) is 0 Å². The van der Waals surface area contributed by atoms with E-state index >= 15 is 0 Å². The molecular formula is C17H25NO2. The van der Waals surface area contributed by atoms with Crippen LogP contribution in [0.15, 0.2) is 18.2 Å². The SMILES string of the molecule is Cc1ccc2c(c1)CC(COC1CCCCCC1N)O2. The molecule has 1 saturated carbocycles. The van der Waals surface area contributed by atoms with E-state index in [4.69, 9.17) is 15.2 Å². The van der Waals surface area contributed by atoms with E-state index in [9.17, 15) is 0 Å². The molecular weight excluding hydrogens is 250 g/mol. The van der Waals surface area contributed by atoms with Crippen LogP contribution in [0.2, 0.25) is 0 Å². The summed E-state index contributed by atoms with van der Waals surface area (Å²) < 4.78 is 12.0. The van der Waals surface area contributed by atoms with Gasteiger partial charge in [-0.2, -0.15) is 0 Å². The Labute approximate surface area is 121 Å². The van der Waals surface area contributed by atoms with Crippen LogP contribution in [0.25, 0.3) is 0 Å². The van der Waals surface area contributed by atoms with Crippen LogP contribution in [0.1, 0.15) is 43.2 Å². The number of nitrogens with two attached hydrogens (primary N) is 1. The molecule has 1 heterocycles. The molecule has 1 fully saturated rings. The Morgan fingerprint density at radius 1 is 1.25 bits per heavy atom. The predicted octanol–water partition coefficient (Wildman–Crippen LogP) is 2.98. The molecule has 3 unspecified atom stereocenters. The summed E-state index contributed by atoms with van der Waals surface area (Å²) in [6.07, 6.45) is 7.29. The van der Waals surface area contributed by atoms with Gasteiger partial charge < -0.3 is 15.2 Å². The molecule has 0 amide bonds. The molecule has 0 spiro atoms. The van der Waals surface area contributed by atoms with Crippen molar-refractivity contribution in [1.29, 1.82) is 0 Å². The number of fused-ring (bicyclic) bond motifs is 1. The van der Waals surface area contributed by atoms with Gasteiger partial charge in [-0.05, 0) is 31.4 Å². The van der Waals surface area contributed by atoms with Gasteiger partial charge in [-0.3, -0.25) is 0 Å². The zero-order valence-electron chi connectivity index (χ0n) is 12.3. The summed E-state index contributed by atoms with van der Waals surface area (Å²) in [5.74, 6) is 1.02. The predicted molar refractivity (Wildman–Crippen MR) is 80.1 cm³/mol. The minimum absolute atomic E-state index is 0.155. The average molecular weight is 275 g/mol. The van der Waals surface area contributed by atoms with E-state index < -0.39 is 0 Å². The van der Waals surface area contributed by atoms with E-state index in [0.717, 1.165) is 25.0 Å². The van der Waals surface area contributed by atoms with Gasteiger partial charge in [0.25, 0.3) is 0 Å². The highest BCUT2D eigenvalue weighted by Crippen LogP contribution is 2.30. The zero-order valence-corrected chi connectivity index (χ0v) is 12.3. The molecule has 0 saturated heterocycles. The summed E-state index contributed by atoms with van der Waals surface area (Å²) in [6.45, 7) is 2.78. The molecule has 3 atom stereocenters. The van der Waals surface area contributed by atoms with Crippen LogP contribution in [0.4, 0.5) is 0 Å². The van der Waals surface area contributed by atoms with Crippen LogP contribution in [0.3, 0.4) is 0 Å². The highest BCUT2D eigenvalue weighted by atomic mass is 16.5.